The molecule has 45 nitrogen and oxygen atoms in total. The first kappa shape index (κ1) is 102. The molecule has 0 saturated carbocycles. The van der Waals surface area contributed by atoms with E-state index in [0.29, 0.717) is 149 Å². The number of nitrogens with two attached hydrogens (primary N) is 1. The van der Waals surface area contributed by atoms with Crippen molar-refractivity contribution in [3.05, 3.63) is 60.1 Å². The molecule has 13 heterocycles. The molecule has 0 aliphatic carbocycles. The second-order valence-electron chi connectivity index (χ2n) is 34.8. The molecule has 0 radical (unpaired) electrons. The van der Waals surface area contributed by atoms with Crippen molar-refractivity contribution in [3.63, 3.8) is 0 Å². The first-order valence-electron chi connectivity index (χ1n) is 44.8. The molecule has 9 aliphatic rings. The number of primary amides is 1. The van der Waals surface area contributed by atoms with Gasteiger partial charge in [-0.2, -0.15) is 0 Å². The molecule has 9 saturated heterocycles. The average Bonchev–Trinajstić information content (AvgIpc) is 1.54. The minimum Gasteiger partial charge on any atom is -0.382 e. The summed E-state index contributed by atoms with van der Waals surface area (Å²) >= 11 is 0. The van der Waals surface area contributed by atoms with Crippen molar-refractivity contribution in [3.8, 4) is 0 Å². The van der Waals surface area contributed by atoms with Crippen LogP contribution in [0.25, 0.3) is 0 Å². The highest BCUT2D eigenvalue weighted by Gasteiger charge is 2.71. The van der Waals surface area contributed by atoms with Gasteiger partial charge in [0.15, 0.2) is 41.8 Å². The Morgan fingerprint density at radius 1 is 0.481 bits per heavy atom. The topological polar surface area (TPSA) is 485 Å². The van der Waals surface area contributed by atoms with Crippen LogP contribution >= 0.6 is 21.6 Å². The van der Waals surface area contributed by atoms with E-state index in [4.69, 9.17) is 134 Å². The van der Waals surface area contributed by atoms with Crippen molar-refractivity contribution in [2.24, 2.45) is 17.1 Å². The van der Waals surface area contributed by atoms with Gasteiger partial charge in [-0.15, -0.1) is 15.3 Å². The summed E-state index contributed by atoms with van der Waals surface area (Å²) in [4.78, 5) is 54.9. The maximum Gasteiger partial charge on any atom is 0.221 e. The van der Waals surface area contributed by atoms with Crippen molar-refractivity contribution in [1.29, 1.82) is 0 Å². The second kappa shape index (κ2) is 49.4. The Kier molecular flexibility index (Phi) is 38.6. The van der Waals surface area contributed by atoms with Gasteiger partial charge < -0.3 is 150 Å². The SMILES string of the molecule is COCCOC(COCCOCCn1cc(COCC(COCc2cn(CCOCCOCCOCCOC[C@@]34COC(O3)C(NC(C)=O)[C@H]3OC(C)(C)OC34)nn2)(COCc2cn(CCOCCOCCOCCOC[C@@]34COC(O3)C(NC(C)=O)[C@H]3OC(C)(C)OC34)nn2)C(CCCCSSc2ccccn2)C(N)=O)nn1)[C@]12COC(O1)C(NC(C)=O)C1OC(C)(C)O[C@H]12. The van der Waals surface area contributed by atoms with Gasteiger partial charge in [-0.1, -0.05) is 38.9 Å². The molecular formula is C84H132N14O31S2. The number of nitrogens with zero attached hydrogens (tertiary/aromatic N) is 10. The van der Waals surface area contributed by atoms with E-state index in [1.807, 2.05) is 59.7 Å². The van der Waals surface area contributed by atoms with Crippen molar-refractivity contribution >= 4 is 45.2 Å². The van der Waals surface area contributed by atoms with Crippen molar-refractivity contribution < 1.29 is 147 Å². The molecule has 11 unspecified atom stereocenters. The van der Waals surface area contributed by atoms with Gasteiger partial charge in [-0.05, 0) is 77.3 Å². The molecule has 5 N–H and O–H groups in total. The summed E-state index contributed by atoms with van der Waals surface area (Å²) < 4.78 is 171. The highest BCUT2D eigenvalue weighted by atomic mass is 33.1. The molecule has 0 aromatic carbocycles. The van der Waals surface area contributed by atoms with Gasteiger partial charge in [0.2, 0.25) is 23.6 Å². The van der Waals surface area contributed by atoms with Crippen molar-refractivity contribution in [1.82, 2.24) is 65.9 Å². The number of rotatable bonds is 65. The maximum absolute atomic E-state index is 14.2. The van der Waals surface area contributed by atoms with Crippen LogP contribution in [0.3, 0.4) is 0 Å². The molecule has 6 bridgehead atoms. The van der Waals surface area contributed by atoms with E-state index in [1.54, 1.807) is 67.5 Å². The molecule has 736 valence electrons. The fourth-order valence-electron chi connectivity index (χ4n) is 17.3. The third kappa shape index (κ3) is 28.9. The summed E-state index contributed by atoms with van der Waals surface area (Å²) in [6.45, 7) is 23.2. The fraction of sp³-hybridized carbons (Fsp3) is 0.821. The lowest BCUT2D eigenvalue weighted by Gasteiger charge is -2.45. The van der Waals surface area contributed by atoms with Crippen LogP contribution in [0.4, 0.5) is 0 Å². The fourth-order valence-corrected chi connectivity index (χ4v) is 19.3. The maximum atomic E-state index is 14.2. The highest BCUT2D eigenvalue weighted by Crippen LogP contribution is 2.51. The summed E-state index contributed by atoms with van der Waals surface area (Å²) in [6.07, 6.45) is 2.81. The predicted molar refractivity (Wildman–Crippen MR) is 455 cm³/mol. The smallest absolute Gasteiger partial charge is 0.221 e. The summed E-state index contributed by atoms with van der Waals surface area (Å²) in [6, 6.07) is 4.14. The first-order chi connectivity index (χ1) is 63.3. The molecule has 9 aliphatic heterocycles. The van der Waals surface area contributed by atoms with Crippen molar-refractivity contribution in [2.45, 2.75) is 240 Å². The summed E-state index contributed by atoms with van der Waals surface area (Å²) in [5.41, 5.74) is 3.97. The molecule has 47 heteroatoms. The van der Waals surface area contributed by atoms with Gasteiger partial charge in [-0.25, -0.2) is 19.0 Å². The molecule has 0 spiro atoms. The number of methoxy groups -OCH3 is 1. The van der Waals surface area contributed by atoms with Gasteiger partial charge >= 0.3 is 0 Å². The summed E-state index contributed by atoms with van der Waals surface area (Å²) in [5, 5.41) is 35.9. The number of hydrogen-bond acceptors (Lipinski definition) is 40. The largest absolute Gasteiger partial charge is 0.382 e. The normalized spacial score (nSPS) is 28.4. The van der Waals surface area contributed by atoms with E-state index < -0.39 is 131 Å². The van der Waals surface area contributed by atoms with Crippen LogP contribution < -0.4 is 21.7 Å². The number of hydrogen-bond donors (Lipinski definition) is 4. The number of aromatic nitrogens is 10. The van der Waals surface area contributed by atoms with Gasteiger partial charge in [0.25, 0.3) is 0 Å². The summed E-state index contributed by atoms with van der Waals surface area (Å²) in [5.74, 6) is -4.01. The predicted octanol–water partition coefficient (Wildman–Crippen LogP) is 1.15. The Hall–Kier alpha value is -5.93. The Balaban J connectivity index is 0.566. The van der Waals surface area contributed by atoms with Gasteiger partial charge in [0, 0.05) is 45.7 Å². The third-order valence-electron chi connectivity index (χ3n) is 23.1. The van der Waals surface area contributed by atoms with Crippen LogP contribution in [-0.4, -0.2) is 385 Å². The zero-order valence-electron chi connectivity index (χ0n) is 76.5. The number of carbonyl (C=O) groups is 4. The number of unbranched alkanes of at least 4 members (excludes halogenated alkanes) is 1. The molecule has 17 atom stereocenters. The quantitative estimate of drug-likeness (QED) is 0.0356. The van der Waals surface area contributed by atoms with Crippen LogP contribution in [0.5, 0.6) is 0 Å². The lowest BCUT2D eigenvalue weighted by Crippen LogP contribution is -2.68. The average molecular weight is 1900 g/mol. The van der Waals surface area contributed by atoms with E-state index in [9.17, 15) is 19.2 Å². The Bertz CT molecular complexity index is 3990. The number of amides is 4. The van der Waals surface area contributed by atoms with E-state index in [-0.39, 0.29) is 123 Å². The van der Waals surface area contributed by atoms with Crippen LogP contribution in [-0.2, 0) is 187 Å². The number of ether oxygens (including phenoxy) is 27. The molecular weight excluding hydrogens is 1770 g/mol. The number of pyridine rings is 1. The minimum atomic E-state index is -1.19. The number of carbonyl (C=O) groups excluding carboxylic acids is 4. The van der Waals surface area contributed by atoms with Crippen LogP contribution in [0, 0.1) is 11.3 Å². The van der Waals surface area contributed by atoms with Crippen LogP contribution in [0.15, 0.2) is 48.0 Å². The Morgan fingerprint density at radius 3 is 1.31 bits per heavy atom. The summed E-state index contributed by atoms with van der Waals surface area (Å²) in [7, 11) is 4.85. The van der Waals surface area contributed by atoms with Gasteiger partial charge in [0.1, 0.15) is 94.2 Å². The highest BCUT2D eigenvalue weighted by molar-refractivity contribution is 8.76. The zero-order chi connectivity index (χ0) is 92.3. The van der Waals surface area contributed by atoms with Gasteiger partial charge in [-0.3, -0.25) is 19.2 Å². The number of fused-ring (bicyclic) bond motifs is 12. The van der Waals surface area contributed by atoms with Gasteiger partial charge in [0.05, 0.1) is 248 Å². The van der Waals surface area contributed by atoms with E-state index in [2.05, 4.69) is 51.9 Å². The monoisotopic (exact) mass is 1900 g/mol. The molecule has 131 heavy (non-hydrogen) atoms. The van der Waals surface area contributed by atoms with Crippen LogP contribution in [0.2, 0.25) is 0 Å². The van der Waals surface area contributed by atoms with E-state index in [0.717, 1.165) is 17.2 Å². The molecule has 9 fully saturated rings. The van der Waals surface area contributed by atoms with E-state index in [1.165, 1.54) is 20.8 Å². The zero-order valence-corrected chi connectivity index (χ0v) is 78.1. The lowest BCUT2D eigenvalue weighted by atomic mass is 9.74. The third-order valence-corrected chi connectivity index (χ3v) is 25.4. The number of nitrogens with one attached hydrogen (secondary N) is 3. The molecule has 4 amide bonds. The van der Waals surface area contributed by atoms with Crippen LogP contribution in [0.1, 0.15) is 98.7 Å². The van der Waals surface area contributed by atoms with Crippen molar-refractivity contribution in [2.75, 3.05) is 198 Å². The molecule has 4 aromatic heterocycles. The first-order valence-corrected chi connectivity index (χ1v) is 47.1. The molecule has 4 aromatic rings. The standard InChI is InChI=1S/C84H132N14O31S2/c1-56(99)87-65-68-71(124-78(4,5)121-68)82(53-118-75(65)127-82)51-112-37-34-109-31-29-107-27-25-104-21-18-96-41-59(90-93-96)44-114-48-81(62(74(85)102)15-12-14-40-130-131-64-16-11-13-17-86-64,49-115-45-60-42-97(94-91-60)19-22-105-26-28-108-30-32-110-35-38-113-52-83-54-119-76(128-83)66(88-57(2)100)69-72(83)125-79(6,7)122-69)50-116-46-61-43-98(95-92-61)20-23-106-33-36-111-47-63(117-39-24-103-10)84-55-120-77(129-84)67(89-58(3)101)70-73(84)126-80(8,9)123-70/h11,13,16-17,41-43,62-63,65-73,75-77H,12,14-15,18-40,44-55H2,1-10H3,(H2,85,102)(H,87,99)(H,88,100)(H,89,101)/t62?,63?,65?,66?,67?,68-,69-,70?,71?,72?,73-,75?,76?,77?,81?,82+,83+,84+/m1/s1. The lowest BCUT2D eigenvalue weighted by molar-refractivity contribution is -0.245. The Morgan fingerprint density at radius 2 is 0.885 bits per heavy atom. The Labute approximate surface area is 769 Å². The molecule has 13 rings (SSSR count). The minimum absolute atomic E-state index is 0.000294. The second-order valence-corrected chi connectivity index (χ2v) is 37.3. The van der Waals surface area contributed by atoms with E-state index >= 15 is 0 Å².